The lowest BCUT2D eigenvalue weighted by molar-refractivity contribution is -0.147. The smallest absolute Gasteiger partial charge is 0.314 e. The van der Waals surface area contributed by atoms with Gasteiger partial charge in [-0.3, -0.25) is 39.1 Å². The lowest BCUT2D eigenvalue weighted by Gasteiger charge is -2.24. The molecule has 4 N–H and O–H groups in total. The standard InChI is InChI=1S/2C30H31NO4S.2C29H27NO4S/c1-29(2,19-27(32)33)24-13-11-20(12-14-24)21-8-6-9-22(16-21)26-18-25(30(3,4)36(5,34)35)17-23-10-7-15-31-28(23)26;1-29(2,28(32)33)19-20-11-13-21(14-12-20)22-8-6-9-23(16-22)26-18-25(30(3,4)36(5,34)35)17-24-10-7-15-31-27(24)26;1-28(2,35(3,33)34)24-17-22-8-5-15-30-26(22)25(18-24)21-7-4-6-20(16-21)19-9-11-23(12-10-19)29(13-14-29)27(31)32;1-29(2,35(3,33)34)23-15-22-8-5-13-30-27(22)25(16-23)21-7-4-6-20(14-21)18-9-11-19(12-10-18)24-17-26(24)28(31)32/h2*6-18H,19H2,1-5H3,(H,32,33);4-12,15-18H,13-14H2,1-3H3,(H,31,32);4-16,24,26H,17H2,1-3H3,(H,31,32). The fraction of sp³-hybridized carbons (Fsp3) is 0.254. The minimum atomic E-state index is -3.36. The number of aliphatic carboxylic acids is 4. The lowest BCUT2D eigenvalue weighted by atomic mass is 9.81. The van der Waals surface area contributed by atoms with Crippen LogP contribution in [0.4, 0.5) is 0 Å². The van der Waals surface area contributed by atoms with Crippen LogP contribution in [0.3, 0.4) is 0 Å². The van der Waals surface area contributed by atoms with Crippen molar-refractivity contribution < 1.29 is 73.3 Å². The molecule has 4 heterocycles. The van der Waals surface area contributed by atoms with Gasteiger partial charge >= 0.3 is 23.9 Å². The quantitative estimate of drug-likeness (QED) is 0.0391. The van der Waals surface area contributed by atoms with E-state index in [1.54, 1.807) is 94.0 Å². The predicted molar refractivity (Wildman–Crippen MR) is 569 cm³/mol. The molecule has 18 rings (SSSR count). The molecule has 2 atom stereocenters. The third-order valence-corrected chi connectivity index (χ3v) is 37.2. The topological polar surface area (TPSA) is 337 Å². The van der Waals surface area contributed by atoms with Gasteiger partial charge in [0, 0.05) is 99.0 Å². The monoisotopic (exact) mass is 1970 g/mol. The summed E-state index contributed by atoms with van der Waals surface area (Å²) in [5.41, 5.74) is 23.3. The number of sulfone groups is 4. The number of carboxylic acid groups (broad SMARTS) is 4. The van der Waals surface area contributed by atoms with E-state index in [0.717, 1.165) is 172 Å². The van der Waals surface area contributed by atoms with Crippen molar-refractivity contribution in [3.8, 4) is 89.0 Å². The Kier molecular flexibility index (Phi) is 28.2. The molecule has 0 radical (unpaired) electrons. The van der Waals surface area contributed by atoms with Crippen LogP contribution in [0.5, 0.6) is 0 Å². The highest BCUT2D eigenvalue weighted by molar-refractivity contribution is 7.92. The molecule has 0 saturated heterocycles. The number of hydrogen-bond donors (Lipinski definition) is 4. The molecular weight excluding hydrogens is 1860 g/mol. The fourth-order valence-electron chi connectivity index (χ4n) is 17.8. The molecular formula is C118H116N4O16S4. The minimum Gasteiger partial charge on any atom is -0.481 e. The van der Waals surface area contributed by atoms with Gasteiger partial charge in [-0.1, -0.05) is 208 Å². The molecule has 16 aromatic rings. The summed E-state index contributed by atoms with van der Waals surface area (Å²) in [5.74, 6) is -3.29. The highest BCUT2D eigenvalue weighted by atomic mass is 32.2. The molecule has 20 nitrogen and oxygen atoms in total. The van der Waals surface area contributed by atoms with E-state index in [-0.39, 0.29) is 18.3 Å². The average Bonchev–Trinajstić information content (AvgIpc) is 1.09. The second-order valence-corrected chi connectivity index (χ2v) is 51.1. The van der Waals surface area contributed by atoms with Gasteiger partial charge in [0.2, 0.25) is 0 Å². The van der Waals surface area contributed by atoms with E-state index in [2.05, 4.69) is 44.2 Å². The van der Waals surface area contributed by atoms with Crippen LogP contribution < -0.4 is 0 Å². The fourth-order valence-corrected chi connectivity index (χ4v) is 20.0. The second kappa shape index (κ2) is 39.1. The number of rotatable bonds is 26. The molecule has 2 unspecified atom stereocenters. The maximum Gasteiger partial charge on any atom is 0.314 e. The SMILES string of the molecule is CC(C)(CC(=O)O)c1ccc(-c2cccc(-c3cc(C(C)(C)S(C)(=O)=O)cc4cccnc34)c2)cc1.CC(C)(Cc1ccc(-c2cccc(-c3cc(C(C)(C)S(C)(=O)=O)cc4cccnc34)c2)cc1)C(=O)O.CC(C)(c1cc(-c2cccc(-c3ccc(C4(C(=O)O)CC4)cc3)c2)c2ncccc2c1)S(C)(=O)=O.CC(C)(c1cc(-c2cccc(-c3ccc(C4CC4C(=O)O)cc3)c2)c2ncccc2c1)S(C)(=O)=O. The molecule has 2 fully saturated rings. The number of pyridine rings is 4. The van der Waals surface area contributed by atoms with Crippen molar-refractivity contribution in [2.24, 2.45) is 11.3 Å². The Balaban J connectivity index is 0.000000143. The Morgan fingerprint density at radius 2 is 0.606 bits per heavy atom. The molecule has 24 heteroatoms. The zero-order chi connectivity index (χ0) is 103. The molecule has 142 heavy (non-hydrogen) atoms. The van der Waals surface area contributed by atoms with Crippen LogP contribution in [0.1, 0.15) is 159 Å². The maximum absolute atomic E-state index is 12.6. The van der Waals surface area contributed by atoms with E-state index in [1.165, 1.54) is 25.0 Å². The summed E-state index contributed by atoms with van der Waals surface area (Å²) in [6.45, 7) is 21.2. The number of nitrogens with zero attached hydrogens (tertiary/aromatic N) is 4. The number of benzene rings is 12. The van der Waals surface area contributed by atoms with Crippen LogP contribution in [0, 0.1) is 11.3 Å². The van der Waals surface area contributed by atoms with Gasteiger partial charge < -0.3 is 20.4 Å². The molecule has 0 aliphatic heterocycles. The lowest BCUT2D eigenvalue weighted by Crippen LogP contribution is -2.28. The highest BCUT2D eigenvalue weighted by Gasteiger charge is 2.52. The van der Waals surface area contributed by atoms with E-state index in [1.807, 2.05) is 281 Å². The Morgan fingerprint density at radius 3 is 0.866 bits per heavy atom. The van der Waals surface area contributed by atoms with Crippen molar-refractivity contribution in [2.45, 2.75) is 151 Å². The third kappa shape index (κ3) is 21.4. The van der Waals surface area contributed by atoms with Crippen molar-refractivity contribution in [3.05, 3.63) is 360 Å². The van der Waals surface area contributed by atoms with Gasteiger partial charge in [-0.15, -0.1) is 0 Å². The summed E-state index contributed by atoms with van der Waals surface area (Å²) in [7, 11) is -13.4. The molecule has 0 amide bonds. The molecule has 4 aromatic heterocycles. The van der Waals surface area contributed by atoms with Crippen molar-refractivity contribution in [2.75, 3.05) is 25.0 Å². The number of aromatic nitrogens is 4. The van der Waals surface area contributed by atoms with Gasteiger partial charge in [-0.2, -0.15) is 0 Å². The first-order chi connectivity index (χ1) is 66.7. The minimum absolute atomic E-state index is 0.0576. The van der Waals surface area contributed by atoms with E-state index in [4.69, 9.17) is 0 Å². The first-order valence-electron chi connectivity index (χ1n) is 46.8. The molecule has 2 aliphatic carbocycles. The van der Waals surface area contributed by atoms with Crippen LogP contribution in [0.25, 0.3) is 133 Å². The van der Waals surface area contributed by atoms with E-state index < -0.39 is 98.5 Å². The van der Waals surface area contributed by atoms with Gasteiger partial charge in [0.25, 0.3) is 0 Å². The predicted octanol–water partition coefficient (Wildman–Crippen LogP) is 25.1. The first-order valence-corrected chi connectivity index (χ1v) is 54.3. The Labute approximate surface area is 830 Å². The van der Waals surface area contributed by atoms with Crippen LogP contribution in [-0.2, 0) is 94.8 Å². The number of fused-ring (bicyclic) bond motifs is 4. The van der Waals surface area contributed by atoms with Crippen molar-refractivity contribution >= 4 is 107 Å². The summed E-state index contributed by atoms with van der Waals surface area (Å²) >= 11 is 0. The number of hydrogen-bond acceptors (Lipinski definition) is 16. The van der Waals surface area contributed by atoms with Crippen LogP contribution in [-0.4, -0.2) is 123 Å². The summed E-state index contributed by atoms with van der Waals surface area (Å²) in [6.07, 6.45) is 14.6. The average molecular weight is 1970 g/mol. The van der Waals surface area contributed by atoms with Gasteiger partial charge in [-0.25, -0.2) is 33.7 Å². The van der Waals surface area contributed by atoms with E-state index in [0.29, 0.717) is 31.2 Å². The van der Waals surface area contributed by atoms with E-state index >= 15 is 0 Å². The second-order valence-electron chi connectivity index (χ2n) is 40.8. The Morgan fingerprint density at radius 1 is 0.324 bits per heavy atom. The van der Waals surface area contributed by atoms with Gasteiger partial charge in [0.1, 0.15) is 0 Å². The summed E-state index contributed by atoms with van der Waals surface area (Å²) < 4.78 is 96.4. The van der Waals surface area contributed by atoms with Crippen molar-refractivity contribution in [1.29, 1.82) is 0 Å². The number of carboxylic acids is 4. The van der Waals surface area contributed by atoms with Crippen LogP contribution in [0.15, 0.2) is 316 Å². The first kappa shape index (κ1) is 102. The molecule has 0 spiro atoms. The number of carbonyl (C=O) groups is 4. The largest absolute Gasteiger partial charge is 0.481 e. The highest BCUT2D eigenvalue weighted by Crippen LogP contribution is 2.51. The molecule has 728 valence electrons. The van der Waals surface area contributed by atoms with Crippen molar-refractivity contribution in [3.63, 3.8) is 0 Å². The van der Waals surface area contributed by atoms with Crippen molar-refractivity contribution in [1.82, 2.24) is 19.9 Å². The summed E-state index contributed by atoms with van der Waals surface area (Å²) in [5, 5.41) is 41.0. The zero-order valence-corrected chi connectivity index (χ0v) is 85.6. The summed E-state index contributed by atoms with van der Waals surface area (Å²) in [4.78, 5) is 64.0. The normalized spacial score (nSPS) is 14.5. The molecule has 0 bridgehead atoms. The van der Waals surface area contributed by atoms with Gasteiger partial charge in [0.05, 0.1) is 64.2 Å². The zero-order valence-electron chi connectivity index (χ0n) is 82.3. The molecule has 2 aliphatic rings. The van der Waals surface area contributed by atoms with Gasteiger partial charge in [0.15, 0.2) is 39.3 Å². The van der Waals surface area contributed by atoms with Gasteiger partial charge in [-0.05, 0) is 309 Å². The van der Waals surface area contributed by atoms with Crippen LogP contribution >= 0.6 is 0 Å². The molecule has 2 saturated carbocycles. The maximum atomic E-state index is 12.6. The summed E-state index contributed by atoms with van der Waals surface area (Å²) in [6, 6.07) is 94.8. The third-order valence-electron chi connectivity index (χ3n) is 28.8. The molecule has 12 aromatic carbocycles. The van der Waals surface area contributed by atoms with Crippen LogP contribution in [0.2, 0.25) is 0 Å². The Hall–Kier alpha value is -14.0. The Bertz CT molecular complexity index is 8140. The van der Waals surface area contributed by atoms with E-state index in [9.17, 15) is 73.3 Å².